The molecule has 0 aromatic carbocycles. The van der Waals surface area contributed by atoms with E-state index in [4.69, 9.17) is 5.11 Å². The summed E-state index contributed by atoms with van der Waals surface area (Å²) in [5.41, 5.74) is 1.12. The monoisotopic (exact) mass is 301 g/mol. The standard InChI is InChI=1S/C11H16BrN3O2/c1-14-5-3-7(4-6-14)9-8(12)10(11(16)17)15(2)13-9/h7H,3-6H2,1-2H3,(H,16,17). The number of rotatable bonds is 2. The fourth-order valence-corrected chi connectivity index (χ4v) is 3.12. The number of aryl methyl sites for hydroxylation is 1. The molecule has 0 spiro atoms. The number of carbonyl (C=O) groups is 1. The molecule has 1 saturated heterocycles. The van der Waals surface area contributed by atoms with Gasteiger partial charge < -0.3 is 10.0 Å². The first-order valence-electron chi connectivity index (χ1n) is 5.65. The number of piperidine rings is 1. The second kappa shape index (κ2) is 4.78. The number of aromatic carboxylic acids is 1. The minimum atomic E-state index is -0.939. The van der Waals surface area contributed by atoms with Crippen LogP contribution in [0.5, 0.6) is 0 Å². The van der Waals surface area contributed by atoms with Gasteiger partial charge in [0.15, 0.2) is 5.69 Å². The van der Waals surface area contributed by atoms with Gasteiger partial charge in [0.1, 0.15) is 0 Å². The molecule has 1 aliphatic heterocycles. The quantitative estimate of drug-likeness (QED) is 0.903. The van der Waals surface area contributed by atoms with E-state index in [9.17, 15) is 4.79 Å². The molecule has 0 bridgehead atoms. The van der Waals surface area contributed by atoms with Crippen LogP contribution in [0.1, 0.15) is 34.9 Å². The lowest BCUT2D eigenvalue weighted by molar-refractivity contribution is 0.0684. The maximum absolute atomic E-state index is 11.1. The van der Waals surface area contributed by atoms with Crippen molar-refractivity contribution < 1.29 is 9.90 Å². The van der Waals surface area contributed by atoms with E-state index in [1.807, 2.05) is 0 Å². The molecular formula is C11H16BrN3O2. The lowest BCUT2D eigenvalue weighted by Gasteiger charge is -2.28. The Labute approximate surface area is 109 Å². The molecule has 2 rings (SSSR count). The van der Waals surface area contributed by atoms with Crippen molar-refractivity contribution in [3.8, 4) is 0 Å². The molecule has 1 N–H and O–H groups in total. The molecule has 1 aromatic rings. The molecule has 94 valence electrons. The van der Waals surface area contributed by atoms with Crippen LogP contribution in [0.4, 0.5) is 0 Å². The number of hydrogen-bond donors (Lipinski definition) is 1. The average molecular weight is 302 g/mol. The van der Waals surface area contributed by atoms with Crippen molar-refractivity contribution in [2.45, 2.75) is 18.8 Å². The van der Waals surface area contributed by atoms with Gasteiger partial charge in [-0.25, -0.2) is 4.79 Å². The third kappa shape index (κ3) is 2.37. The number of aromatic nitrogens is 2. The first-order valence-corrected chi connectivity index (χ1v) is 6.44. The van der Waals surface area contributed by atoms with Crippen molar-refractivity contribution in [1.82, 2.24) is 14.7 Å². The van der Waals surface area contributed by atoms with Crippen molar-refractivity contribution in [3.05, 3.63) is 15.9 Å². The molecule has 2 heterocycles. The molecule has 0 unspecified atom stereocenters. The molecule has 0 radical (unpaired) electrons. The van der Waals surface area contributed by atoms with Crippen LogP contribution in [-0.2, 0) is 7.05 Å². The zero-order valence-corrected chi connectivity index (χ0v) is 11.6. The number of carboxylic acids is 1. The van der Waals surface area contributed by atoms with Crippen LogP contribution in [0, 0.1) is 0 Å². The summed E-state index contributed by atoms with van der Waals surface area (Å²) in [6, 6.07) is 0. The van der Waals surface area contributed by atoms with Gasteiger partial charge in [-0.3, -0.25) is 4.68 Å². The summed E-state index contributed by atoms with van der Waals surface area (Å²) in [5.74, 6) is -0.578. The molecule has 5 nitrogen and oxygen atoms in total. The van der Waals surface area contributed by atoms with E-state index in [0.717, 1.165) is 31.6 Å². The van der Waals surface area contributed by atoms with Gasteiger partial charge in [0.25, 0.3) is 0 Å². The van der Waals surface area contributed by atoms with Gasteiger partial charge in [0.05, 0.1) is 10.2 Å². The highest BCUT2D eigenvalue weighted by molar-refractivity contribution is 9.10. The van der Waals surface area contributed by atoms with E-state index < -0.39 is 5.97 Å². The molecule has 1 aliphatic rings. The molecule has 1 fully saturated rings. The molecule has 0 saturated carbocycles. The number of halogens is 1. The van der Waals surface area contributed by atoms with Crippen molar-refractivity contribution in [3.63, 3.8) is 0 Å². The van der Waals surface area contributed by atoms with E-state index in [-0.39, 0.29) is 5.69 Å². The van der Waals surface area contributed by atoms with Gasteiger partial charge in [-0.1, -0.05) is 0 Å². The van der Waals surface area contributed by atoms with Gasteiger partial charge >= 0.3 is 5.97 Å². The Morgan fingerprint density at radius 3 is 2.47 bits per heavy atom. The molecule has 6 heteroatoms. The maximum Gasteiger partial charge on any atom is 0.355 e. The number of hydrogen-bond acceptors (Lipinski definition) is 3. The Morgan fingerprint density at radius 2 is 2.00 bits per heavy atom. The zero-order valence-electron chi connectivity index (χ0n) is 9.98. The SMILES string of the molecule is CN1CCC(c2nn(C)c(C(=O)O)c2Br)CC1. The van der Waals surface area contributed by atoms with Gasteiger partial charge in [-0.15, -0.1) is 0 Å². The molecule has 1 aromatic heterocycles. The van der Waals surface area contributed by atoms with E-state index in [2.05, 4.69) is 33.0 Å². The Balaban J connectivity index is 2.28. The summed E-state index contributed by atoms with van der Waals surface area (Å²) in [7, 11) is 3.78. The molecule has 0 aliphatic carbocycles. The van der Waals surface area contributed by atoms with Crippen LogP contribution in [0.25, 0.3) is 0 Å². The first-order chi connectivity index (χ1) is 8.00. The van der Waals surface area contributed by atoms with E-state index >= 15 is 0 Å². The minimum absolute atomic E-state index is 0.235. The third-order valence-corrected chi connectivity index (χ3v) is 4.10. The van der Waals surface area contributed by atoms with E-state index in [1.54, 1.807) is 7.05 Å². The number of likely N-dealkylation sites (tertiary alicyclic amines) is 1. The van der Waals surface area contributed by atoms with Crippen LogP contribution in [-0.4, -0.2) is 45.9 Å². The molecular weight excluding hydrogens is 286 g/mol. The summed E-state index contributed by atoms with van der Waals surface area (Å²) in [6.07, 6.45) is 2.07. The summed E-state index contributed by atoms with van der Waals surface area (Å²) in [5, 5.41) is 13.5. The molecule has 0 atom stereocenters. The normalized spacial score (nSPS) is 18.5. The number of carboxylic acid groups (broad SMARTS) is 1. The summed E-state index contributed by atoms with van der Waals surface area (Å²) in [4.78, 5) is 13.4. The van der Waals surface area contributed by atoms with Crippen molar-refractivity contribution in [2.24, 2.45) is 7.05 Å². The fraction of sp³-hybridized carbons (Fsp3) is 0.636. The Hall–Kier alpha value is -0.880. The topological polar surface area (TPSA) is 58.4 Å². The predicted molar refractivity (Wildman–Crippen MR) is 67.3 cm³/mol. The Bertz CT molecular complexity index is 436. The van der Waals surface area contributed by atoms with Gasteiger partial charge in [-0.05, 0) is 48.9 Å². The van der Waals surface area contributed by atoms with E-state index in [1.165, 1.54) is 4.68 Å². The fourth-order valence-electron chi connectivity index (χ4n) is 2.29. The Kier molecular flexibility index (Phi) is 3.53. The van der Waals surface area contributed by atoms with Crippen molar-refractivity contribution in [1.29, 1.82) is 0 Å². The largest absolute Gasteiger partial charge is 0.476 e. The second-order valence-electron chi connectivity index (χ2n) is 4.55. The predicted octanol–water partition coefficient (Wildman–Crippen LogP) is 1.69. The lowest BCUT2D eigenvalue weighted by Crippen LogP contribution is -2.29. The summed E-state index contributed by atoms with van der Waals surface area (Å²) in [6.45, 7) is 2.08. The average Bonchev–Trinajstić information content (AvgIpc) is 2.55. The van der Waals surface area contributed by atoms with E-state index in [0.29, 0.717) is 10.4 Å². The van der Waals surface area contributed by atoms with Gasteiger partial charge in [0, 0.05) is 13.0 Å². The lowest BCUT2D eigenvalue weighted by atomic mass is 9.94. The van der Waals surface area contributed by atoms with Crippen LogP contribution in [0.15, 0.2) is 4.47 Å². The maximum atomic E-state index is 11.1. The first kappa shape index (κ1) is 12.6. The number of nitrogens with zero attached hydrogens (tertiary/aromatic N) is 3. The third-order valence-electron chi connectivity index (χ3n) is 3.32. The highest BCUT2D eigenvalue weighted by atomic mass is 79.9. The highest BCUT2D eigenvalue weighted by Crippen LogP contribution is 2.33. The van der Waals surface area contributed by atoms with Crippen molar-refractivity contribution >= 4 is 21.9 Å². The highest BCUT2D eigenvalue weighted by Gasteiger charge is 2.27. The van der Waals surface area contributed by atoms with Crippen LogP contribution >= 0.6 is 15.9 Å². The van der Waals surface area contributed by atoms with Crippen molar-refractivity contribution in [2.75, 3.05) is 20.1 Å². The van der Waals surface area contributed by atoms with Gasteiger partial charge in [-0.2, -0.15) is 5.10 Å². The smallest absolute Gasteiger partial charge is 0.355 e. The zero-order chi connectivity index (χ0) is 12.6. The van der Waals surface area contributed by atoms with Gasteiger partial charge in [0.2, 0.25) is 0 Å². The minimum Gasteiger partial charge on any atom is -0.476 e. The summed E-state index contributed by atoms with van der Waals surface area (Å²) < 4.78 is 2.09. The van der Waals surface area contributed by atoms with Crippen LogP contribution < -0.4 is 0 Å². The van der Waals surface area contributed by atoms with Crippen LogP contribution in [0.3, 0.4) is 0 Å². The molecule has 17 heavy (non-hydrogen) atoms. The molecule has 0 amide bonds. The second-order valence-corrected chi connectivity index (χ2v) is 5.35. The van der Waals surface area contributed by atoms with Crippen LogP contribution in [0.2, 0.25) is 0 Å². The Morgan fingerprint density at radius 1 is 1.41 bits per heavy atom. The summed E-state index contributed by atoms with van der Waals surface area (Å²) >= 11 is 3.38.